The zero-order valence-electron chi connectivity index (χ0n) is 11.8. The van der Waals surface area contributed by atoms with Crippen LogP contribution in [0.25, 0.3) is 0 Å². The van der Waals surface area contributed by atoms with E-state index in [2.05, 4.69) is 4.98 Å². The van der Waals surface area contributed by atoms with Gasteiger partial charge in [-0.25, -0.2) is 4.79 Å². The van der Waals surface area contributed by atoms with Gasteiger partial charge in [-0.05, 0) is 12.8 Å². The molecule has 1 aliphatic heterocycles. The van der Waals surface area contributed by atoms with E-state index in [0.717, 1.165) is 4.57 Å². The molecule has 2 rings (SSSR count). The van der Waals surface area contributed by atoms with Gasteiger partial charge in [-0.2, -0.15) is 10.2 Å². The number of ether oxygens (including phenoxy) is 1. The molecule has 0 aromatic carbocycles. The molecule has 22 heavy (non-hydrogen) atoms. The molecular formula is C13H18N4O5. The van der Waals surface area contributed by atoms with Crippen molar-refractivity contribution in [3.8, 4) is 6.07 Å². The largest absolute Gasteiger partial charge is 0.394 e. The van der Waals surface area contributed by atoms with E-state index in [1.807, 2.05) is 6.07 Å². The highest BCUT2D eigenvalue weighted by Gasteiger charge is 2.43. The van der Waals surface area contributed by atoms with Crippen molar-refractivity contribution in [1.82, 2.24) is 9.55 Å². The maximum absolute atomic E-state index is 11.9. The predicted octanol–water partition coefficient (Wildman–Crippen LogP) is -1.72. The quantitative estimate of drug-likeness (QED) is 0.468. The summed E-state index contributed by atoms with van der Waals surface area (Å²) in [5, 5.41) is 37.3. The minimum absolute atomic E-state index is 0.0610. The van der Waals surface area contributed by atoms with E-state index in [1.54, 1.807) is 0 Å². The van der Waals surface area contributed by atoms with Crippen molar-refractivity contribution >= 4 is 5.82 Å². The summed E-state index contributed by atoms with van der Waals surface area (Å²) in [6.07, 6.45) is -2.06. The van der Waals surface area contributed by atoms with E-state index in [4.69, 9.17) is 20.8 Å². The molecule has 0 amide bonds. The Morgan fingerprint density at radius 3 is 2.77 bits per heavy atom. The number of rotatable bonds is 5. The minimum atomic E-state index is -1.37. The summed E-state index contributed by atoms with van der Waals surface area (Å²) in [5.41, 5.74) is 5.51. The summed E-state index contributed by atoms with van der Waals surface area (Å²) in [7, 11) is 0. The van der Waals surface area contributed by atoms with Gasteiger partial charge in [-0.1, -0.05) is 0 Å². The first-order valence-electron chi connectivity index (χ1n) is 6.86. The number of hydrogen-bond acceptors (Lipinski definition) is 8. The van der Waals surface area contributed by atoms with E-state index >= 15 is 0 Å². The third-order valence-electron chi connectivity index (χ3n) is 3.59. The minimum Gasteiger partial charge on any atom is -0.394 e. The SMILES string of the molecule is N#CCCCc1cn([C@@H]2O[C@H](CO)C(O)C2O)c(=O)nc1N. The fourth-order valence-electron chi connectivity index (χ4n) is 2.36. The average molecular weight is 310 g/mol. The number of nitrogen functional groups attached to an aromatic ring is 1. The van der Waals surface area contributed by atoms with Crippen molar-refractivity contribution < 1.29 is 20.1 Å². The monoisotopic (exact) mass is 310 g/mol. The third kappa shape index (κ3) is 3.10. The zero-order valence-corrected chi connectivity index (χ0v) is 11.8. The van der Waals surface area contributed by atoms with Gasteiger partial charge in [0.1, 0.15) is 24.1 Å². The Kier molecular flexibility index (Phi) is 5.10. The molecule has 0 bridgehead atoms. The average Bonchev–Trinajstić information content (AvgIpc) is 2.77. The number of anilines is 1. The van der Waals surface area contributed by atoms with E-state index in [-0.39, 0.29) is 5.82 Å². The van der Waals surface area contributed by atoms with Gasteiger partial charge in [0.15, 0.2) is 6.23 Å². The zero-order chi connectivity index (χ0) is 16.3. The van der Waals surface area contributed by atoms with Crippen LogP contribution in [-0.4, -0.2) is 49.8 Å². The molecular weight excluding hydrogens is 292 g/mol. The summed E-state index contributed by atoms with van der Waals surface area (Å²) in [6.45, 7) is -0.485. The lowest BCUT2D eigenvalue weighted by molar-refractivity contribution is -0.0550. The van der Waals surface area contributed by atoms with Gasteiger partial charge in [0.2, 0.25) is 0 Å². The summed E-state index contributed by atoms with van der Waals surface area (Å²) in [6, 6.07) is 2.01. The van der Waals surface area contributed by atoms with E-state index < -0.39 is 36.8 Å². The van der Waals surface area contributed by atoms with E-state index in [0.29, 0.717) is 24.8 Å². The summed E-state index contributed by atoms with van der Waals surface area (Å²) in [4.78, 5) is 15.6. The van der Waals surface area contributed by atoms with Gasteiger partial charge < -0.3 is 25.8 Å². The molecule has 9 nitrogen and oxygen atoms in total. The van der Waals surface area contributed by atoms with Crippen LogP contribution in [0.4, 0.5) is 5.82 Å². The Morgan fingerprint density at radius 2 is 2.18 bits per heavy atom. The topological polar surface area (TPSA) is 155 Å². The first-order chi connectivity index (χ1) is 10.5. The van der Waals surface area contributed by atoms with Gasteiger partial charge in [-0.15, -0.1) is 0 Å². The van der Waals surface area contributed by atoms with Gasteiger partial charge >= 0.3 is 5.69 Å². The van der Waals surface area contributed by atoms with Crippen molar-refractivity contribution in [2.45, 2.75) is 43.8 Å². The Morgan fingerprint density at radius 1 is 1.45 bits per heavy atom. The normalized spacial score (nSPS) is 27.7. The molecule has 0 aliphatic carbocycles. The third-order valence-corrected chi connectivity index (χ3v) is 3.59. The second-order valence-corrected chi connectivity index (χ2v) is 5.08. The fourth-order valence-corrected chi connectivity index (χ4v) is 2.36. The first kappa shape index (κ1) is 16.4. The maximum atomic E-state index is 11.9. The molecule has 5 N–H and O–H groups in total. The van der Waals surface area contributed by atoms with Crippen molar-refractivity contribution in [1.29, 1.82) is 5.26 Å². The summed E-state index contributed by atoms with van der Waals surface area (Å²) < 4.78 is 6.35. The molecule has 9 heteroatoms. The summed E-state index contributed by atoms with van der Waals surface area (Å²) in [5.74, 6) is 0.0610. The second kappa shape index (κ2) is 6.85. The Bertz CT molecular complexity index is 626. The van der Waals surface area contributed by atoms with Crippen LogP contribution in [0.15, 0.2) is 11.0 Å². The van der Waals surface area contributed by atoms with Gasteiger partial charge in [0.25, 0.3) is 0 Å². The highest BCUT2D eigenvalue weighted by Crippen LogP contribution is 2.28. The molecule has 2 heterocycles. The summed E-state index contributed by atoms with van der Waals surface area (Å²) >= 11 is 0. The van der Waals surface area contributed by atoms with E-state index in [9.17, 15) is 15.0 Å². The molecule has 0 spiro atoms. The number of nitriles is 1. The van der Waals surface area contributed by atoms with Crippen molar-refractivity contribution in [2.75, 3.05) is 12.3 Å². The standard InChI is InChI=1S/C13H18N4O5/c14-4-2-1-3-7-5-17(13(21)16-11(7)15)12-10(20)9(19)8(6-18)22-12/h5,8-10,12,18-20H,1-3,6H2,(H2,15,16,21)/t8-,9?,10?,12-/m1/s1. The molecule has 120 valence electrons. The smallest absolute Gasteiger partial charge is 0.351 e. The van der Waals surface area contributed by atoms with Gasteiger partial charge in [0, 0.05) is 18.2 Å². The van der Waals surface area contributed by atoms with Crippen molar-refractivity contribution in [3.63, 3.8) is 0 Å². The number of aliphatic hydroxyl groups is 3. The van der Waals surface area contributed by atoms with Crippen LogP contribution in [0.2, 0.25) is 0 Å². The molecule has 1 aliphatic rings. The lowest BCUT2D eigenvalue weighted by atomic mass is 10.1. The van der Waals surface area contributed by atoms with Crippen molar-refractivity contribution in [3.05, 3.63) is 22.2 Å². The molecule has 0 radical (unpaired) electrons. The van der Waals surface area contributed by atoms with Crippen LogP contribution >= 0.6 is 0 Å². The number of unbranched alkanes of at least 4 members (excludes halogenated alkanes) is 1. The Labute approximate surface area is 126 Å². The van der Waals surface area contributed by atoms with Gasteiger partial charge in [-0.3, -0.25) is 4.57 Å². The number of nitrogens with zero attached hydrogens (tertiary/aromatic N) is 3. The second-order valence-electron chi connectivity index (χ2n) is 5.08. The molecule has 1 aromatic heterocycles. The van der Waals surface area contributed by atoms with Crippen LogP contribution in [0.5, 0.6) is 0 Å². The Hall–Kier alpha value is -1.99. The number of nitrogens with two attached hydrogens (primary N) is 1. The lowest BCUT2D eigenvalue weighted by Crippen LogP contribution is -2.36. The molecule has 1 aromatic rings. The first-order valence-corrected chi connectivity index (χ1v) is 6.86. The van der Waals surface area contributed by atoms with Crippen molar-refractivity contribution in [2.24, 2.45) is 0 Å². The number of aryl methyl sites for hydroxylation is 1. The highest BCUT2D eigenvalue weighted by molar-refractivity contribution is 5.37. The van der Waals surface area contributed by atoms with Crippen LogP contribution in [0.3, 0.4) is 0 Å². The van der Waals surface area contributed by atoms with E-state index in [1.165, 1.54) is 6.20 Å². The fraction of sp³-hybridized carbons (Fsp3) is 0.615. The van der Waals surface area contributed by atoms with Crippen LogP contribution in [-0.2, 0) is 11.2 Å². The van der Waals surface area contributed by atoms with Crippen LogP contribution in [0, 0.1) is 11.3 Å². The number of aromatic nitrogens is 2. The van der Waals surface area contributed by atoms with Gasteiger partial charge in [0.05, 0.1) is 12.7 Å². The highest BCUT2D eigenvalue weighted by atomic mass is 16.6. The number of aliphatic hydroxyl groups excluding tert-OH is 3. The molecule has 0 saturated carbocycles. The Balaban J connectivity index is 2.29. The molecule has 4 atom stereocenters. The lowest BCUT2D eigenvalue weighted by Gasteiger charge is -2.18. The molecule has 1 fully saturated rings. The molecule has 1 saturated heterocycles. The van der Waals surface area contributed by atoms with Crippen LogP contribution in [0.1, 0.15) is 24.6 Å². The predicted molar refractivity (Wildman–Crippen MR) is 74.5 cm³/mol. The molecule has 2 unspecified atom stereocenters. The number of hydrogen-bond donors (Lipinski definition) is 4. The van der Waals surface area contributed by atoms with Crippen LogP contribution < -0.4 is 11.4 Å². The maximum Gasteiger partial charge on any atom is 0.351 e.